The molecule has 0 spiro atoms. The Hall–Kier alpha value is -2.54. The first-order valence-electron chi connectivity index (χ1n) is 9.31. The Bertz CT molecular complexity index is 873. The first kappa shape index (κ1) is 20.2. The van der Waals surface area contributed by atoms with Crippen LogP contribution in [0.25, 0.3) is 10.9 Å². The lowest BCUT2D eigenvalue weighted by Gasteiger charge is -2.32. The number of urea groups is 1. The number of benzene rings is 1. The van der Waals surface area contributed by atoms with Gasteiger partial charge in [-0.2, -0.15) is 0 Å². The third-order valence-electron chi connectivity index (χ3n) is 4.39. The van der Waals surface area contributed by atoms with Gasteiger partial charge in [0.1, 0.15) is 11.4 Å². The van der Waals surface area contributed by atoms with Crippen LogP contribution in [0.4, 0.5) is 15.4 Å². The van der Waals surface area contributed by atoms with Crippen LogP contribution in [0, 0.1) is 0 Å². The van der Waals surface area contributed by atoms with Crippen molar-refractivity contribution in [2.75, 3.05) is 18.4 Å². The summed E-state index contributed by atoms with van der Waals surface area (Å²) in [6, 6.07) is 8.86. The fourth-order valence-electron chi connectivity index (χ4n) is 3.06. The maximum Gasteiger partial charge on any atom is 0.407 e. The first-order chi connectivity index (χ1) is 13.2. The summed E-state index contributed by atoms with van der Waals surface area (Å²) >= 11 is 5.98. The fourth-order valence-corrected chi connectivity index (χ4v) is 3.24. The van der Waals surface area contributed by atoms with E-state index in [1.807, 2.05) is 39.0 Å². The molecule has 0 saturated carbocycles. The van der Waals surface area contributed by atoms with E-state index >= 15 is 0 Å². The summed E-state index contributed by atoms with van der Waals surface area (Å²) < 4.78 is 5.28. The zero-order chi connectivity index (χ0) is 20.3. The van der Waals surface area contributed by atoms with Crippen molar-refractivity contribution in [3.8, 4) is 0 Å². The molecule has 3 rings (SSSR count). The number of ether oxygens (including phenoxy) is 1. The molecule has 1 aliphatic rings. The van der Waals surface area contributed by atoms with Crippen LogP contribution in [0.3, 0.4) is 0 Å². The molecule has 1 aliphatic heterocycles. The van der Waals surface area contributed by atoms with Gasteiger partial charge in [-0.05, 0) is 63.9 Å². The van der Waals surface area contributed by atoms with Crippen LogP contribution in [0.1, 0.15) is 33.6 Å². The van der Waals surface area contributed by atoms with E-state index in [0.717, 1.165) is 10.9 Å². The highest BCUT2D eigenvalue weighted by molar-refractivity contribution is 6.31. The van der Waals surface area contributed by atoms with Gasteiger partial charge in [0.15, 0.2) is 0 Å². The maximum atomic E-state index is 12.5. The molecule has 0 radical (unpaired) electrons. The van der Waals surface area contributed by atoms with E-state index in [-0.39, 0.29) is 12.1 Å². The van der Waals surface area contributed by atoms with Gasteiger partial charge >= 0.3 is 12.1 Å². The Labute approximate surface area is 169 Å². The van der Waals surface area contributed by atoms with Crippen molar-refractivity contribution in [3.63, 3.8) is 0 Å². The van der Waals surface area contributed by atoms with Crippen LogP contribution < -0.4 is 10.6 Å². The molecular formula is C20H25ClN4O3. The van der Waals surface area contributed by atoms with Gasteiger partial charge in [-0.3, -0.25) is 5.32 Å². The number of alkyl carbamates (subject to hydrolysis) is 1. The average molecular weight is 405 g/mol. The molecule has 8 heteroatoms. The van der Waals surface area contributed by atoms with E-state index in [1.54, 1.807) is 17.0 Å². The Kier molecular flexibility index (Phi) is 5.93. The van der Waals surface area contributed by atoms with Gasteiger partial charge in [0, 0.05) is 29.5 Å². The number of anilines is 1. The highest BCUT2D eigenvalue weighted by atomic mass is 35.5. The van der Waals surface area contributed by atoms with Crippen LogP contribution >= 0.6 is 11.6 Å². The van der Waals surface area contributed by atoms with Gasteiger partial charge in [0.25, 0.3) is 0 Å². The number of pyridine rings is 1. The average Bonchev–Trinajstić information content (AvgIpc) is 2.60. The van der Waals surface area contributed by atoms with E-state index in [4.69, 9.17) is 16.3 Å². The number of fused-ring (bicyclic) bond motifs is 1. The minimum atomic E-state index is -0.525. The van der Waals surface area contributed by atoms with Gasteiger partial charge in [-0.25, -0.2) is 14.6 Å². The van der Waals surface area contributed by atoms with Crippen molar-refractivity contribution in [2.45, 2.75) is 45.3 Å². The van der Waals surface area contributed by atoms with Gasteiger partial charge in [-0.15, -0.1) is 0 Å². The molecule has 2 aromatic rings. The van der Waals surface area contributed by atoms with Crippen molar-refractivity contribution < 1.29 is 14.3 Å². The smallest absolute Gasteiger partial charge is 0.407 e. The number of nitrogens with zero attached hydrogens (tertiary/aromatic N) is 2. The standard InChI is InChI=1S/C20H25ClN4O3/c1-20(2,3)28-19(27)22-15-8-10-25(11-9-15)18(26)24-17-7-4-13-12-14(21)5-6-16(13)23-17/h4-7,12,15H,8-11H2,1-3H3,(H,22,27)(H,23,24,26). The number of carbonyl (C=O) groups is 2. The topological polar surface area (TPSA) is 83.6 Å². The van der Waals surface area contributed by atoms with Crippen LogP contribution in [0.5, 0.6) is 0 Å². The van der Waals surface area contributed by atoms with E-state index in [9.17, 15) is 9.59 Å². The maximum absolute atomic E-state index is 12.5. The van der Waals surface area contributed by atoms with Crippen LogP contribution in [0.15, 0.2) is 30.3 Å². The number of carbonyl (C=O) groups excluding carboxylic acids is 2. The molecule has 2 N–H and O–H groups in total. The zero-order valence-electron chi connectivity index (χ0n) is 16.3. The summed E-state index contributed by atoms with van der Waals surface area (Å²) in [5, 5.41) is 7.27. The molecule has 3 amide bonds. The zero-order valence-corrected chi connectivity index (χ0v) is 17.0. The van der Waals surface area contributed by atoms with Crippen molar-refractivity contribution in [2.24, 2.45) is 0 Å². The predicted octanol–water partition coefficient (Wildman–Crippen LogP) is 4.41. The lowest BCUT2D eigenvalue weighted by molar-refractivity contribution is 0.0486. The van der Waals surface area contributed by atoms with E-state index < -0.39 is 11.7 Å². The second-order valence-electron chi connectivity index (χ2n) is 7.87. The summed E-state index contributed by atoms with van der Waals surface area (Å²) in [6.45, 7) is 6.59. The van der Waals surface area contributed by atoms with E-state index in [2.05, 4.69) is 15.6 Å². The van der Waals surface area contributed by atoms with Crippen LogP contribution in [-0.4, -0.2) is 46.7 Å². The number of rotatable bonds is 2. The molecule has 1 aromatic carbocycles. The summed E-state index contributed by atoms with van der Waals surface area (Å²) in [4.78, 5) is 30.6. The van der Waals surface area contributed by atoms with Crippen LogP contribution in [0.2, 0.25) is 5.02 Å². The van der Waals surface area contributed by atoms with Crippen molar-refractivity contribution >= 4 is 40.4 Å². The number of halogens is 1. The summed E-state index contributed by atoms with van der Waals surface area (Å²) in [7, 11) is 0. The minimum Gasteiger partial charge on any atom is -0.444 e. The second kappa shape index (κ2) is 8.22. The molecule has 7 nitrogen and oxygen atoms in total. The molecule has 0 bridgehead atoms. The Balaban J connectivity index is 1.51. The SMILES string of the molecule is CC(C)(C)OC(=O)NC1CCN(C(=O)Nc2ccc3cc(Cl)ccc3n2)CC1. The molecule has 150 valence electrons. The molecular weight excluding hydrogens is 380 g/mol. The van der Waals surface area contributed by atoms with Gasteiger partial charge in [-0.1, -0.05) is 11.6 Å². The number of hydrogen-bond donors (Lipinski definition) is 2. The monoisotopic (exact) mass is 404 g/mol. The summed E-state index contributed by atoms with van der Waals surface area (Å²) in [5.41, 5.74) is 0.241. The number of nitrogens with one attached hydrogen (secondary N) is 2. The number of likely N-dealkylation sites (tertiary alicyclic amines) is 1. The van der Waals surface area contributed by atoms with Crippen LogP contribution in [-0.2, 0) is 4.74 Å². The summed E-state index contributed by atoms with van der Waals surface area (Å²) in [6.07, 6.45) is 0.933. The third kappa shape index (κ3) is 5.48. The van der Waals surface area contributed by atoms with Gasteiger partial charge in [0.05, 0.1) is 5.52 Å². The van der Waals surface area contributed by atoms with E-state index in [0.29, 0.717) is 36.8 Å². The molecule has 0 aliphatic carbocycles. The van der Waals surface area contributed by atoms with E-state index in [1.165, 1.54) is 0 Å². The number of hydrogen-bond acceptors (Lipinski definition) is 4. The Morgan fingerprint density at radius 3 is 2.57 bits per heavy atom. The lowest BCUT2D eigenvalue weighted by Crippen LogP contribution is -2.48. The molecule has 1 saturated heterocycles. The first-order valence-corrected chi connectivity index (χ1v) is 9.69. The quantitative estimate of drug-likeness (QED) is 0.776. The van der Waals surface area contributed by atoms with Crippen molar-refractivity contribution in [1.29, 1.82) is 0 Å². The largest absolute Gasteiger partial charge is 0.444 e. The highest BCUT2D eigenvalue weighted by Crippen LogP contribution is 2.20. The fraction of sp³-hybridized carbons (Fsp3) is 0.450. The Morgan fingerprint density at radius 2 is 1.89 bits per heavy atom. The molecule has 0 unspecified atom stereocenters. The molecule has 1 fully saturated rings. The normalized spacial score (nSPS) is 15.4. The third-order valence-corrected chi connectivity index (χ3v) is 4.62. The van der Waals surface area contributed by atoms with Crippen molar-refractivity contribution in [1.82, 2.24) is 15.2 Å². The van der Waals surface area contributed by atoms with Gasteiger partial charge < -0.3 is 15.0 Å². The van der Waals surface area contributed by atoms with Gasteiger partial charge in [0.2, 0.25) is 0 Å². The summed E-state index contributed by atoms with van der Waals surface area (Å²) in [5.74, 6) is 0.494. The second-order valence-corrected chi connectivity index (χ2v) is 8.31. The lowest BCUT2D eigenvalue weighted by atomic mass is 10.1. The number of aromatic nitrogens is 1. The molecule has 0 atom stereocenters. The highest BCUT2D eigenvalue weighted by Gasteiger charge is 2.26. The predicted molar refractivity (Wildman–Crippen MR) is 110 cm³/mol. The number of amides is 3. The molecule has 1 aromatic heterocycles. The molecule has 28 heavy (non-hydrogen) atoms. The molecule has 2 heterocycles. The Morgan fingerprint density at radius 1 is 1.18 bits per heavy atom. The van der Waals surface area contributed by atoms with Crippen molar-refractivity contribution in [3.05, 3.63) is 35.4 Å². The minimum absolute atomic E-state index is 0.00226. The number of piperidine rings is 1.